The Morgan fingerprint density at radius 2 is 1.79 bits per heavy atom. The predicted octanol–water partition coefficient (Wildman–Crippen LogP) is 1.67. The van der Waals surface area contributed by atoms with Crippen LogP contribution in [0.5, 0.6) is 11.5 Å². The molecule has 0 radical (unpaired) electrons. The van der Waals surface area contributed by atoms with Crippen molar-refractivity contribution in [2.75, 3.05) is 19.8 Å². The van der Waals surface area contributed by atoms with Crippen molar-refractivity contribution in [3.05, 3.63) is 59.7 Å². The zero-order valence-corrected chi connectivity index (χ0v) is 13.5. The topological polar surface area (TPSA) is 90.7 Å². The Hall–Kier alpha value is -3.02. The molecule has 2 aromatic carbocycles. The molecule has 2 rings (SSSR count). The molecular formula is C18H20N2O4. The second-order valence-electron chi connectivity index (χ2n) is 5.19. The lowest BCUT2D eigenvalue weighted by Crippen LogP contribution is -2.32. The highest BCUT2D eigenvalue weighted by Gasteiger charge is 2.04. The number of nitrogens with one attached hydrogen (secondary N) is 1. The number of carbonyl (C=O) groups excluding carboxylic acids is 2. The second-order valence-corrected chi connectivity index (χ2v) is 5.19. The summed E-state index contributed by atoms with van der Waals surface area (Å²) >= 11 is 0. The van der Waals surface area contributed by atoms with E-state index >= 15 is 0 Å². The van der Waals surface area contributed by atoms with E-state index in [1.54, 1.807) is 24.3 Å². The number of primary amides is 1. The molecule has 126 valence electrons. The molecule has 6 nitrogen and oxygen atoms in total. The first-order chi connectivity index (χ1) is 11.5. The van der Waals surface area contributed by atoms with Gasteiger partial charge in [0, 0.05) is 5.56 Å². The van der Waals surface area contributed by atoms with Crippen molar-refractivity contribution in [1.29, 1.82) is 0 Å². The molecule has 0 aliphatic rings. The highest BCUT2D eigenvalue weighted by Crippen LogP contribution is 2.12. The summed E-state index contributed by atoms with van der Waals surface area (Å²) in [5.74, 6) is 0.510. The van der Waals surface area contributed by atoms with Crippen LogP contribution in [0.25, 0.3) is 0 Å². The summed E-state index contributed by atoms with van der Waals surface area (Å²) in [7, 11) is 0. The van der Waals surface area contributed by atoms with Crippen LogP contribution in [-0.4, -0.2) is 31.6 Å². The van der Waals surface area contributed by atoms with Gasteiger partial charge in [-0.15, -0.1) is 0 Å². The van der Waals surface area contributed by atoms with Gasteiger partial charge >= 0.3 is 0 Å². The molecule has 0 aromatic heterocycles. The summed E-state index contributed by atoms with van der Waals surface area (Å²) in [6.45, 7) is 2.64. The van der Waals surface area contributed by atoms with E-state index in [0.717, 1.165) is 11.3 Å². The molecule has 2 aromatic rings. The van der Waals surface area contributed by atoms with E-state index in [0.29, 0.717) is 24.5 Å². The van der Waals surface area contributed by atoms with E-state index in [9.17, 15) is 9.59 Å². The molecule has 0 spiro atoms. The lowest BCUT2D eigenvalue weighted by atomic mass is 10.2. The average Bonchev–Trinajstić information content (AvgIpc) is 2.57. The van der Waals surface area contributed by atoms with Gasteiger partial charge in [0.25, 0.3) is 5.91 Å². The molecule has 0 aliphatic carbocycles. The second kappa shape index (κ2) is 8.57. The smallest absolute Gasteiger partial charge is 0.258 e. The van der Waals surface area contributed by atoms with Crippen LogP contribution in [0.2, 0.25) is 0 Å². The van der Waals surface area contributed by atoms with Crippen molar-refractivity contribution in [2.45, 2.75) is 6.92 Å². The monoisotopic (exact) mass is 328 g/mol. The average molecular weight is 328 g/mol. The molecule has 0 saturated carbocycles. The van der Waals surface area contributed by atoms with E-state index in [4.69, 9.17) is 15.2 Å². The minimum Gasteiger partial charge on any atom is -0.492 e. The maximum atomic E-state index is 11.7. The summed E-state index contributed by atoms with van der Waals surface area (Å²) < 4.78 is 10.9. The number of ether oxygens (including phenoxy) is 2. The molecule has 6 heteroatoms. The van der Waals surface area contributed by atoms with Crippen LogP contribution in [0.4, 0.5) is 0 Å². The van der Waals surface area contributed by atoms with Crippen molar-refractivity contribution in [3.8, 4) is 11.5 Å². The third-order valence-electron chi connectivity index (χ3n) is 3.19. The van der Waals surface area contributed by atoms with Crippen LogP contribution in [0.3, 0.4) is 0 Å². The Kier molecular flexibility index (Phi) is 6.19. The van der Waals surface area contributed by atoms with Crippen LogP contribution < -0.4 is 20.5 Å². The molecule has 2 amide bonds. The maximum absolute atomic E-state index is 11.7. The number of hydrogen-bond donors (Lipinski definition) is 2. The van der Waals surface area contributed by atoms with Gasteiger partial charge < -0.3 is 20.5 Å². The van der Waals surface area contributed by atoms with Gasteiger partial charge in [-0.3, -0.25) is 9.59 Å². The molecule has 24 heavy (non-hydrogen) atoms. The normalized spacial score (nSPS) is 10.0. The lowest BCUT2D eigenvalue weighted by Gasteiger charge is -2.09. The van der Waals surface area contributed by atoms with Gasteiger partial charge in [-0.25, -0.2) is 0 Å². The number of hydrogen-bond acceptors (Lipinski definition) is 4. The third-order valence-corrected chi connectivity index (χ3v) is 3.19. The first-order valence-corrected chi connectivity index (χ1v) is 7.53. The molecule has 0 bridgehead atoms. The molecule has 0 aliphatic heterocycles. The van der Waals surface area contributed by atoms with Crippen LogP contribution in [0, 0.1) is 6.92 Å². The van der Waals surface area contributed by atoms with E-state index in [1.165, 1.54) is 0 Å². The fourth-order valence-electron chi connectivity index (χ4n) is 1.98. The van der Waals surface area contributed by atoms with E-state index < -0.39 is 5.91 Å². The van der Waals surface area contributed by atoms with Crippen molar-refractivity contribution in [2.24, 2.45) is 5.73 Å². The third kappa shape index (κ3) is 5.64. The number of carbonyl (C=O) groups is 2. The van der Waals surface area contributed by atoms with Gasteiger partial charge in [0.15, 0.2) is 6.61 Å². The first kappa shape index (κ1) is 17.3. The van der Waals surface area contributed by atoms with Gasteiger partial charge in [0.2, 0.25) is 5.91 Å². The summed E-state index contributed by atoms with van der Waals surface area (Å²) in [5.41, 5.74) is 6.66. The summed E-state index contributed by atoms with van der Waals surface area (Å²) in [6.07, 6.45) is 0. The van der Waals surface area contributed by atoms with Crippen LogP contribution in [0.1, 0.15) is 15.9 Å². The predicted molar refractivity (Wildman–Crippen MR) is 90.1 cm³/mol. The largest absolute Gasteiger partial charge is 0.492 e. The van der Waals surface area contributed by atoms with E-state index in [1.807, 2.05) is 31.2 Å². The summed E-state index contributed by atoms with van der Waals surface area (Å²) in [4.78, 5) is 22.6. The minimum absolute atomic E-state index is 0.111. The maximum Gasteiger partial charge on any atom is 0.258 e. The molecule has 0 unspecified atom stereocenters. The van der Waals surface area contributed by atoms with Gasteiger partial charge in [-0.05, 0) is 48.9 Å². The standard InChI is InChI=1S/C18H20N2O4/c1-13-3-2-4-16(11-13)23-10-9-20-17(21)12-24-15-7-5-14(6-8-15)18(19)22/h2-8,11H,9-10,12H2,1H3,(H2,19,22)(H,20,21). The number of rotatable bonds is 8. The van der Waals surface area contributed by atoms with E-state index in [2.05, 4.69) is 5.32 Å². The van der Waals surface area contributed by atoms with Gasteiger partial charge in [-0.2, -0.15) is 0 Å². The zero-order valence-electron chi connectivity index (χ0n) is 13.5. The van der Waals surface area contributed by atoms with Crippen LogP contribution in [-0.2, 0) is 4.79 Å². The van der Waals surface area contributed by atoms with Crippen molar-refractivity contribution in [3.63, 3.8) is 0 Å². The summed E-state index contributed by atoms with van der Waals surface area (Å²) in [6, 6.07) is 14.0. The molecule has 0 fully saturated rings. The van der Waals surface area contributed by atoms with Crippen LogP contribution in [0.15, 0.2) is 48.5 Å². The van der Waals surface area contributed by atoms with Crippen LogP contribution >= 0.6 is 0 Å². The van der Waals surface area contributed by atoms with Crippen molar-refractivity contribution < 1.29 is 19.1 Å². The molecule has 3 N–H and O–H groups in total. The molecule has 0 atom stereocenters. The number of aryl methyl sites for hydroxylation is 1. The Balaban J connectivity index is 1.65. The minimum atomic E-state index is -0.507. The van der Waals surface area contributed by atoms with Crippen molar-refractivity contribution in [1.82, 2.24) is 5.32 Å². The lowest BCUT2D eigenvalue weighted by molar-refractivity contribution is -0.123. The highest BCUT2D eigenvalue weighted by atomic mass is 16.5. The highest BCUT2D eigenvalue weighted by molar-refractivity contribution is 5.92. The fourth-order valence-corrected chi connectivity index (χ4v) is 1.98. The SMILES string of the molecule is Cc1cccc(OCCNC(=O)COc2ccc(C(N)=O)cc2)c1. The number of nitrogens with two attached hydrogens (primary N) is 1. The Bertz CT molecular complexity index is 698. The Morgan fingerprint density at radius 1 is 1.04 bits per heavy atom. The number of benzene rings is 2. The fraction of sp³-hybridized carbons (Fsp3) is 0.222. The van der Waals surface area contributed by atoms with Gasteiger partial charge in [-0.1, -0.05) is 12.1 Å². The quantitative estimate of drug-likeness (QED) is 0.721. The summed E-state index contributed by atoms with van der Waals surface area (Å²) in [5, 5.41) is 2.70. The van der Waals surface area contributed by atoms with Gasteiger partial charge in [0.1, 0.15) is 18.1 Å². The Morgan fingerprint density at radius 3 is 2.46 bits per heavy atom. The van der Waals surface area contributed by atoms with Gasteiger partial charge in [0.05, 0.1) is 6.54 Å². The van der Waals surface area contributed by atoms with Crippen molar-refractivity contribution >= 4 is 11.8 Å². The zero-order chi connectivity index (χ0) is 17.4. The first-order valence-electron chi connectivity index (χ1n) is 7.53. The molecule has 0 saturated heterocycles. The molecular weight excluding hydrogens is 308 g/mol. The Labute approximate surface area is 140 Å². The van der Waals surface area contributed by atoms with E-state index in [-0.39, 0.29) is 12.5 Å². The number of amides is 2. The molecule has 0 heterocycles.